The second-order valence-corrected chi connectivity index (χ2v) is 5.63. The molecule has 116 valence electrons. The van der Waals surface area contributed by atoms with Crippen LogP contribution >= 0.6 is 0 Å². The van der Waals surface area contributed by atoms with E-state index in [0.29, 0.717) is 0 Å². The van der Waals surface area contributed by atoms with Gasteiger partial charge in [0.15, 0.2) is 0 Å². The molecule has 0 saturated heterocycles. The fourth-order valence-electron chi connectivity index (χ4n) is 2.53. The van der Waals surface area contributed by atoms with Crippen LogP contribution in [0, 0.1) is 0 Å². The first-order valence-corrected chi connectivity index (χ1v) is 8.07. The maximum absolute atomic E-state index is 3.90. The molecule has 0 aliphatic carbocycles. The van der Waals surface area contributed by atoms with Crippen molar-refractivity contribution < 1.29 is 0 Å². The van der Waals surface area contributed by atoms with Crippen molar-refractivity contribution in [3.05, 3.63) is 113 Å². The van der Waals surface area contributed by atoms with Gasteiger partial charge in [0, 0.05) is 0 Å². The Morgan fingerprint density at radius 1 is 0.458 bits per heavy atom. The number of rotatable bonds is 5. The van der Waals surface area contributed by atoms with E-state index in [1.54, 1.807) is 0 Å². The highest BCUT2D eigenvalue weighted by atomic mass is 14.0. The van der Waals surface area contributed by atoms with Gasteiger partial charge in [-0.1, -0.05) is 97.6 Å². The molecule has 0 spiro atoms. The van der Waals surface area contributed by atoms with E-state index >= 15 is 0 Å². The summed E-state index contributed by atoms with van der Waals surface area (Å²) in [6, 6.07) is 27.1. The van der Waals surface area contributed by atoms with Crippen LogP contribution in [0.5, 0.6) is 0 Å². The van der Waals surface area contributed by atoms with Crippen LogP contribution in [0.25, 0.3) is 30.4 Å². The van der Waals surface area contributed by atoms with Gasteiger partial charge in [0.25, 0.3) is 0 Å². The molecule has 0 aliphatic rings. The van der Waals surface area contributed by atoms with Crippen molar-refractivity contribution >= 4 is 30.4 Å². The SMILES string of the molecule is C=Cc1cc(/C=C/c2ccccc2)cc(/C=C/c2ccccc2)c1. The van der Waals surface area contributed by atoms with Crippen LogP contribution in [0.2, 0.25) is 0 Å². The number of benzene rings is 3. The minimum Gasteiger partial charge on any atom is -0.0985 e. The summed E-state index contributed by atoms with van der Waals surface area (Å²) in [6.07, 6.45) is 10.4. The monoisotopic (exact) mass is 308 g/mol. The molecule has 0 heteroatoms. The fourth-order valence-corrected chi connectivity index (χ4v) is 2.53. The minimum atomic E-state index is 1.12. The smallest absolute Gasteiger partial charge is 0.0245 e. The Kier molecular flexibility index (Phi) is 5.21. The molecule has 0 radical (unpaired) electrons. The predicted molar refractivity (Wildman–Crippen MR) is 107 cm³/mol. The van der Waals surface area contributed by atoms with E-state index in [9.17, 15) is 0 Å². The molecule has 0 aliphatic heterocycles. The van der Waals surface area contributed by atoms with Gasteiger partial charge in [-0.05, 0) is 46.0 Å². The van der Waals surface area contributed by atoms with Crippen molar-refractivity contribution in [2.45, 2.75) is 0 Å². The van der Waals surface area contributed by atoms with Gasteiger partial charge in [-0.2, -0.15) is 0 Å². The van der Waals surface area contributed by atoms with Crippen LogP contribution in [0.15, 0.2) is 85.4 Å². The standard InChI is InChI=1S/C24H20/c1-2-20-17-23(15-13-21-9-5-3-6-10-21)19-24(18-20)16-14-22-11-7-4-8-12-22/h2-19H,1H2/b15-13+,16-14+. The van der Waals surface area contributed by atoms with Gasteiger partial charge in [0.05, 0.1) is 0 Å². The topological polar surface area (TPSA) is 0 Å². The Morgan fingerprint density at radius 2 is 0.833 bits per heavy atom. The summed E-state index contributed by atoms with van der Waals surface area (Å²) in [4.78, 5) is 0. The maximum atomic E-state index is 3.90. The van der Waals surface area contributed by atoms with Crippen LogP contribution in [0.4, 0.5) is 0 Å². The average Bonchev–Trinajstić information content (AvgIpc) is 2.66. The van der Waals surface area contributed by atoms with Gasteiger partial charge >= 0.3 is 0 Å². The van der Waals surface area contributed by atoms with E-state index in [1.807, 2.05) is 42.5 Å². The predicted octanol–water partition coefficient (Wildman–Crippen LogP) is 6.67. The molecule has 0 saturated carbocycles. The van der Waals surface area contributed by atoms with E-state index in [2.05, 4.69) is 73.3 Å². The van der Waals surface area contributed by atoms with E-state index in [4.69, 9.17) is 0 Å². The first kappa shape index (κ1) is 15.8. The highest BCUT2D eigenvalue weighted by Crippen LogP contribution is 2.17. The zero-order valence-corrected chi connectivity index (χ0v) is 13.6. The molecule has 3 aromatic carbocycles. The molecule has 0 fully saturated rings. The number of hydrogen-bond donors (Lipinski definition) is 0. The zero-order chi connectivity index (χ0) is 16.6. The minimum absolute atomic E-state index is 1.12. The molecule has 0 unspecified atom stereocenters. The average molecular weight is 308 g/mol. The van der Waals surface area contributed by atoms with E-state index in [0.717, 1.165) is 5.56 Å². The summed E-state index contributed by atoms with van der Waals surface area (Å²) in [7, 11) is 0. The van der Waals surface area contributed by atoms with Crippen molar-refractivity contribution in [1.82, 2.24) is 0 Å². The fraction of sp³-hybridized carbons (Fsp3) is 0. The molecule has 3 rings (SSSR count). The van der Waals surface area contributed by atoms with Gasteiger partial charge in [-0.15, -0.1) is 0 Å². The Hall–Kier alpha value is -3.12. The lowest BCUT2D eigenvalue weighted by molar-refractivity contribution is 1.58. The van der Waals surface area contributed by atoms with Crippen molar-refractivity contribution in [3.8, 4) is 0 Å². The summed E-state index contributed by atoms with van der Waals surface area (Å²) >= 11 is 0. The van der Waals surface area contributed by atoms with Crippen LogP contribution in [-0.4, -0.2) is 0 Å². The largest absolute Gasteiger partial charge is 0.0985 e. The first-order valence-electron chi connectivity index (χ1n) is 8.07. The summed E-state index contributed by atoms with van der Waals surface area (Å²) in [6.45, 7) is 3.90. The maximum Gasteiger partial charge on any atom is -0.0245 e. The third kappa shape index (κ3) is 4.44. The lowest BCUT2D eigenvalue weighted by atomic mass is 10.0. The number of hydrogen-bond acceptors (Lipinski definition) is 0. The lowest BCUT2D eigenvalue weighted by Gasteiger charge is -2.02. The van der Waals surface area contributed by atoms with Crippen LogP contribution < -0.4 is 0 Å². The quantitative estimate of drug-likeness (QED) is 0.462. The summed E-state index contributed by atoms with van der Waals surface area (Å²) in [5, 5.41) is 0. The summed E-state index contributed by atoms with van der Waals surface area (Å²) in [5.74, 6) is 0. The van der Waals surface area contributed by atoms with Crippen molar-refractivity contribution in [2.75, 3.05) is 0 Å². The molecule has 0 nitrogen and oxygen atoms in total. The Labute approximate surface area is 144 Å². The second-order valence-electron chi connectivity index (χ2n) is 5.63. The van der Waals surface area contributed by atoms with Crippen molar-refractivity contribution in [1.29, 1.82) is 0 Å². The van der Waals surface area contributed by atoms with Crippen molar-refractivity contribution in [3.63, 3.8) is 0 Å². The van der Waals surface area contributed by atoms with Crippen LogP contribution in [-0.2, 0) is 0 Å². The van der Waals surface area contributed by atoms with Crippen molar-refractivity contribution in [2.24, 2.45) is 0 Å². The zero-order valence-electron chi connectivity index (χ0n) is 13.6. The van der Waals surface area contributed by atoms with Gasteiger partial charge < -0.3 is 0 Å². The summed E-state index contributed by atoms with van der Waals surface area (Å²) in [5.41, 5.74) is 5.86. The molecular formula is C24H20. The van der Waals surface area contributed by atoms with Gasteiger partial charge in [0.2, 0.25) is 0 Å². The molecular weight excluding hydrogens is 288 g/mol. The third-order valence-electron chi connectivity index (χ3n) is 3.77. The normalized spacial score (nSPS) is 11.2. The van der Waals surface area contributed by atoms with Crippen LogP contribution in [0.1, 0.15) is 27.8 Å². The molecule has 0 amide bonds. The Morgan fingerprint density at radius 3 is 1.25 bits per heavy atom. The molecule has 24 heavy (non-hydrogen) atoms. The molecule has 3 aromatic rings. The highest BCUT2D eigenvalue weighted by Gasteiger charge is 1.96. The molecule has 0 heterocycles. The Bertz CT molecular complexity index is 785. The Balaban J connectivity index is 1.87. The van der Waals surface area contributed by atoms with E-state index in [1.165, 1.54) is 22.3 Å². The third-order valence-corrected chi connectivity index (χ3v) is 3.77. The molecule has 0 bridgehead atoms. The van der Waals surface area contributed by atoms with Gasteiger partial charge in [-0.3, -0.25) is 0 Å². The van der Waals surface area contributed by atoms with E-state index in [-0.39, 0.29) is 0 Å². The molecule has 0 aromatic heterocycles. The van der Waals surface area contributed by atoms with Crippen LogP contribution in [0.3, 0.4) is 0 Å². The lowest BCUT2D eigenvalue weighted by Crippen LogP contribution is -1.81. The highest BCUT2D eigenvalue weighted by molar-refractivity contribution is 5.76. The first-order chi connectivity index (χ1) is 11.8. The van der Waals surface area contributed by atoms with Gasteiger partial charge in [0.1, 0.15) is 0 Å². The van der Waals surface area contributed by atoms with E-state index < -0.39 is 0 Å². The van der Waals surface area contributed by atoms with Gasteiger partial charge in [-0.25, -0.2) is 0 Å². The summed E-state index contributed by atoms with van der Waals surface area (Å²) < 4.78 is 0. The molecule has 0 N–H and O–H groups in total. The second kappa shape index (κ2) is 7.94. The molecule has 0 atom stereocenters.